The van der Waals surface area contributed by atoms with Crippen molar-refractivity contribution in [2.45, 2.75) is 39.5 Å². The molecule has 0 spiro atoms. The maximum Gasteiger partial charge on any atom is 0.407 e. The maximum absolute atomic E-state index is 13.6. The molecule has 1 aromatic heterocycles. The van der Waals surface area contributed by atoms with Crippen molar-refractivity contribution in [3.05, 3.63) is 47.3 Å². The molecule has 0 aliphatic heterocycles. The molecule has 0 aliphatic rings. The van der Waals surface area contributed by atoms with E-state index in [-0.39, 0.29) is 18.7 Å². The quantitative estimate of drug-likeness (QED) is 0.939. The summed E-state index contributed by atoms with van der Waals surface area (Å²) in [5, 5.41) is 10.2. The van der Waals surface area contributed by atoms with Gasteiger partial charge in [0.2, 0.25) is 0 Å². The lowest BCUT2D eigenvalue weighted by Gasteiger charge is -2.19. The third kappa shape index (κ3) is 5.32. The highest BCUT2D eigenvalue weighted by Gasteiger charge is 2.16. The Morgan fingerprint density at radius 2 is 2.09 bits per heavy atom. The fourth-order valence-electron chi connectivity index (χ4n) is 1.81. The van der Waals surface area contributed by atoms with Crippen LogP contribution in [0.3, 0.4) is 0 Å². The van der Waals surface area contributed by atoms with Gasteiger partial charge in [0.25, 0.3) is 0 Å². The first-order chi connectivity index (χ1) is 10.7. The van der Waals surface area contributed by atoms with Crippen LogP contribution in [0.4, 0.5) is 13.6 Å². The number of aromatic nitrogens is 3. The van der Waals surface area contributed by atoms with Gasteiger partial charge in [0, 0.05) is 5.56 Å². The van der Waals surface area contributed by atoms with Gasteiger partial charge in [-0.15, -0.1) is 5.10 Å². The van der Waals surface area contributed by atoms with Crippen LogP contribution in [0.2, 0.25) is 0 Å². The highest BCUT2D eigenvalue weighted by atomic mass is 19.1. The minimum Gasteiger partial charge on any atom is -0.444 e. The zero-order valence-electron chi connectivity index (χ0n) is 13.1. The van der Waals surface area contributed by atoms with Crippen LogP contribution >= 0.6 is 0 Å². The standard InChI is InChI=1S/C15H18F2N4O2/c1-15(2,3)23-14(22)18-7-12-9-21(20-19-12)8-10-6-11(16)4-5-13(10)17/h4-6,9H,7-8H2,1-3H3,(H,18,22). The van der Waals surface area contributed by atoms with Crippen molar-refractivity contribution in [3.8, 4) is 0 Å². The molecule has 0 aliphatic carbocycles. The van der Waals surface area contributed by atoms with Gasteiger partial charge >= 0.3 is 6.09 Å². The molecule has 0 radical (unpaired) electrons. The van der Waals surface area contributed by atoms with E-state index < -0.39 is 23.3 Å². The summed E-state index contributed by atoms with van der Waals surface area (Å²) in [6.07, 6.45) is 0.977. The second-order valence-electron chi connectivity index (χ2n) is 6.00. The molecule has 2 aromatic rings. The Balaban J connectivity index is 1.93. The first kappa shape index (κ1) is 16.9. The Hall–Kier alpha value is -2.51. The van der Waals surface area contributed by atoms with Crippen LogP contribution in [0.25, 0.3) is 0 Å². The molecule has 1 amide bonds. The normalized spacial score (nSPS) is 11.3. The van der Waals surface area contributed by atoms with E-state index in [9.17, 15) is 13.6 Å². The van der Waals surface area contributed by atoms with Crippen molar-refractivity contribution in [1.29, 1.82) is 0 Å². The van der Waals surface area contributed by atoms with Crippen molar-refractivity contribution in [3.63, 3.8) is 0 Å². The van der Waals surface area contributed by atoms with E-state index >= 15 is 0 Å². The molecule has 0 fully saturated rings. The summed E-state index contributed by atoms with van der Waals surface area (Å²) in [4.78, 5) is 11.5. The van der Waals surface area contributed by atoms with E-state index in [1.165, 1.54) is 4.68 Å². The van der Waals surface area contributed by atoms with Crippen LogP contribution in [-0.2, 0) is 17.8 Å². The number of alkyl carbamates (subject to hydrolysis) is 1. The number of ether oxygens (including phenoxy) is 1. The number of halogens is 2. The van der Waals surface area contributed by atoms with Crippen molar-refractivity contribution >= 4 is 6.09 Å². The summed E-state index contributed by atoms with van der Waals surface area (Å²) in [7, 11) is 0. The molecule has 1 N–H and O–H groups in total. The Morgan fingerprint density at radius 1 is 1.35 bits per heavy atom. The van der Waals surface area contributed by atoms with Gasteiger partial charge in [-0.3, -0.25) is 0 Å². The number of amides is 1. The molecule has 0 saturated carbocycles. The molecular formula is C15H18F2N4O2. The Kier molecular flexibility index (Phi) is 4.92. The highest BCUT2D eigenvalue weighted by molar-refractivity contribution is 5.67. The summed E-state index contributed by atoms with van der Waals surface area (Å²) in [5.74, 6) is -1.04. The lowest BCUT2D eigenvalue weighted by Crippen LogP contribution is -2.32. The maximum atomic E-state index is 13.6. The number of carbonyl (C=O) groups is 1. The second kappa shape index (κ2) is 6.72. The molecule has 1 heterocycles. The average molecular weight is 324 g/mol. The predicted octanol–water partition coefficient (Wildman–Crippen LogP) is 2.63. The topological polar surface area (TPSA) is 69.0 Å². The van der Waals surface area contributed by atoms with Crippen molar-refractivity contribution in [2.75, 3.05) is 0 Å². The van der Waals surface area contributed by atoms with E-state index in [4.69, 9.17) is 4.74 Å². The van der Waals surface area contributed by atoms with E-state index in [1.807, 2.05) is 0 Å². The van der Waals surface area contributed by atoms with Gasteiger partial charge < -0.3 is 10.1 Å². The summed E-state index contributed by atoms with van der Waals surface area (Å²) in [6.45, 7) is 5.45. The SMILES string of the molecule is CC(C)(C)OC(=O)NCc1cn(Cc2cc(F)ccc2F)nn1. The molecule has 0 atom stereocenters. The number of benzene rings is 1. The third-order valence-electron chi connectivity index (χ3n) is 2.74. The molecular weight excluding hydrogens is 306 g/mol. The molecule has 0 bridgehead atoms. The Bertz CT molecular complexity index is 695. The van der Waals surface area contributed by atoms with E-state index in [2.05, 4.69) is 15.6 Å². The van der Waals surface area contributed by atoms with Gasteiger partial charge in [0.15, 0.2) is 0 Å². The zero-order chi connectivity index (χ0) is 17.0. The summed E-state index contributed by atoms with van der Waals surface area (Å²) in [5.41, 5.74) is 0.0607. The number of hydrogen-bond donors (Lipinski definition) is 1. The van der Waals surface area contributed by atoms with Crippen LogP contribution in [-0.4, -0.2) is 26.7 Å². The van der Waals surface area contributed by atoms with Gasteiger partial charge in [0.1, 0.15) is 22.9 Å². The van der Waals surface area contributed by atoms with Crippen LogP contribution in [0.1, 0.15) is 32.0 Å². The molecule has 0 unspecified atom stereocenters. The largest absolute Gasteiger partial charge is 0.444 e. The lowest BCUT2D eigenvalue weighted by molar-refractivity contribution is 0.0523. The summed E-state index contributed by atoms with van der Waals surface area (Å²) in [6, 6.07) is 3.22. The molecule has 2 rings (SSSR count). The molecule has 1 aromatic carbocycles. The third-order valence-corrected chi connectivity index (χ3v) is 2.74. The molecule has 8 heteroatoms. The zero-order valence-corrected chi connectivity index (χ0v) is 13.1. The van der Waals surface area contributed by atoms with Crippen molar-refractivity contribution in [2.24, 2.45) is 0 Å². The monoisotopic (exact) mass is 324 g/mol. The molecule has 6 nitrogen and oxygen atoms in total. The minimum atomic E-state index is -0.587. The number of hydrogen-bond acceptors (Lipinski definition) is 4. The molecule has 124 valence electrons. The van der Waals surface area contributed by atoms with Gasteiger partial charge in [-0.25, -0.2) is 18.3 Å². The summed E-state index contributed by atoms with van der Waals surface area (Å²) < 4.78 is 33.2. The smallest absolute Gasteiger partial charge is 0.407 e. The first-order valence-corrected chi connectivity index (χ1v) is 7.03. The van der Waals surface area contributed by atoms with Crippen LogP contribution in [0, 0.1) is 11.6 Å². The number of nitrogens with one attached hydrogen (secondary N) is 1. The van der Waals surface area contributed by atoms with E-state index in [0.717, 1.165) is 18.2 Å². The first-order valence-electron chi connectivity index (χ1n) is 7.03. The molecule has 0 saturated heterocycles. The van der Waals surface area contributed by atoms with Crippen LogP contribution in [0.5, 0.6) is 0 Å². The van der Waals surface area contributed by atoms with E-state index in [0.29, 0.717) is 5.69 Å². The van der Waals surface area contributed by atoms with Gasteiger partial charge in [0.05, 0.1) is 19.3 Å². The summed E-state index contributed by atoms with van der Waals surface area (Å²) >= 11 is 0. The number of nitrogens with zero attached hydrogens (tertiary/aromatic N) is 3. The van der Waals surface area contributed by atoms with Crippen LogP contribution in [0.15, 0.2) is 24.4 Å². The number of carbonyl (C=O) groups excluding carboxylic acids is 1. The van der Waals surface area contributed by atoms with Gasteiger partial charge in [-0.05, 0) is 39.0 Å². The van der Waals surface area contributed by atoms with Gasteiger partial charge in [-0.2, -0.15) is 0 Å². The molecule has 23 heavy (non-hydrogen) atoms. The van der Waals surface area contributed by atoms with Gasteiger partial charge in [-0.1, -0.05) is 5.21 Å². The van der Waals surface area contributed by atoms with Crippen molar-refractivity contribution in [1.82, 2.24) is 20.3 Å². The average Bonchev–Trinajstić information content (AvgIpc) is 2.86. The minimum absolute atomic E-state index is 0.0447. The Labute approximate surface area is 132 Å². The fraction of sp³-hybridized carbons (Fsp3) is 0.400. The highest BCUT2D eigenvalue weighted by Crippen LogP contribution is 2.11. The van der Waals surface area contributed by atoms with E-state index in [1.54, 1.807) is 27.0 Å². The fourth-order valence-corrected chi connectivity index (χ4v) is 1.81. The Morgan fingerprint density at radius 3 is 2.78 bits per heavy atom. The lowest BCUT2D eigenvalue weighted by atomic mass is 10.2. The number of rotatable bonds is 4. The predicted molar refractivity (Wildman–Crippen MR) is 78.6 cm³/mol. The second-order valence-corrected chi connectivity index (χ2v) is 6.00. The van der Waals surface area contributed by atoms with Crippen LogP contribution < -0.4 is 5.32 Å². The van der Waals surface area contributed by atoms with Crippen molar-refractivity contribution < 1.29 is 18.3 Å².